The minimum Gasteiger partial charge on any atom is -0.332 e. The van der Waals surface area contributed by atoms with Crippen LogP contribution in [0.15, 0.2) is 42.5 Å². The van der Waals surface area contributed by atoms with Crippen molar-refractivity contribution in [3.8, 4) is 0 Å². The average molecular weight is 322 g/mol. The van der Waals surface area contributed by atoms with Crippen molar-refractivity contribution in [3.05, 3.63) is 63.2 Å². The number of thiocarbonyl (C=S) groups is 1. The van der Waals surface area contributed by atoms with Gasteiger partial charge in [0.1, 0.15) is 0 Å². The van der Waals surface area contributed by atoms with Gasteiger partial charge in [-0.3, -0.25) is 10.1 Å². The number of anilines is 2. The summed E-state index contributed by atoms with van der Waals surface area (Å²) >= 11 is 11.2. The predicted octanol–water partition coefficient (Wildman–Crippen LogP) is 4.37. The van der Waals surface area contributed by atoms with E-state index in [4.69, 9.17) is 23.8 Å². The predicted molar refractivity (Wildman–Crippen MR) is 89.1 cm³/mol. The Labute approximate surface area is 132 Å². The molecule has 0 saturated carbocycles. The second-order valence-corrected chi connectivity index (χ2v) is 5.11. The van der Waals surface area contributed by atoms with Crippen molar-refractivity contribution in [2.24, 2.45) is 0 Å². The number of halogens is 1. The lowest BCUT2D eigenvalue weighted by atomic mass is 10.2. The molecule has 2 aromatic carbocycles. The third-order valence-corrected chi connectivity index (χ3v) is 3.47. The number of benzene rings is 2. The Morgan fingerprint density at radius 1 is 1.19 bits per heavy atom. The Bertz CT molecular complexity index is 689. The molecule has 108 valence electrons. The van der Waals surface area contributed by atoms with E-state index in [1.54, 1.807) is 18.2 Å². The number of nitrogens with zero attached hydrogens (tertiary/aromatic N) is 1. The van der Waals surface area contributed by atoms with E-state index in [-0.39, 0.29) is 5.69 Å². The van der Waals surface area contributed by atoms with Gasteiger partial charge in [0.25, 0.3) is 5.69 Å². The molecule has 0 aliphatic carbocycles. The van der Waals surface area contributed by atoms with Crippen LogP contribution in [-0.4, -0.2) is 10.0 Å². The van der Waals surface area contributed by atoms with E-state index < -0.39 is 4.92 Å². The summed E-state index contributed by atoms with van der Waals surface area (Å²) in [6.45, 7) is 1.89. The smallest absolute Gasteiger partial charge is 0.269 e. The molecule has 0 unspecified atom stereocenters. The summed E-state index contributed by atoms with van der Waals surface area (Å²) in [5.74, 6) is 0. The summed E-state index contributed by atoms with van der Waals surface area (Å²) < 4.78 is 0. The number of non-ortho nitro benzene ring substituents is 1. The Kier molecular flexibility index (Phi) is 4.72. The zero-order valence-corrected chi connectivity index (χ0v) is 12.7. The molecule has 2 N–H and O–H groups in total. The maximum Gasteiger partial charge on any atom is 0.269 e. The molecule has 0 saturated heterocycles. The van der Waals surface area contributed by atoms with E-state index in [0.717, 1.165) is 11.3 Å². The maximum absolute atomic E-state index is 10.6. The molecule has 0 bridgehead atoms. The van der Waals surface area contributed by atoms with Crippen molar-refractivity contribution in [1.82, 2.24) is 0 Å². The van der Waals surface area contributed by atoms with E-state index in [1.165, 1.54) is 12.1 Å². The molecule has 0 heterocycles. The van der Waals surface area contributed by atoms with Crippen molar-refractivity contribution < 1.29 is 4.92 Å². The van der Waals surface area contributed by atoms with Crippen LogP contribution < -0.4 is 10.6 Å². The van der Waals surface area contributed by atoms with Gasteiger partial charge >= 0.3 is 0 Å². The van der Waals surface area contributed by atoms with Crippen molar-refractivity contribution in [3.63, 3.8) is 0 Å². The number of hydrogen-bond donors (Lipinski definition) is 2. The quantitative estimate of drug-likeness (QED) is 0.499. The molecule has 7 heteroatoms. The number of rotatable bonds is 3. The van der Waals surface area contributed by atoms with Crippen molar-refractivity contribution >= 4 is 46.0 Å². The zero-order valence-electron chi connectivity index (χ0n) is 11.1. The minimum atomic E-state index is -0.449. The normalized spacial score (nSPS) is 10.0. The van der Waals surface area contributed by atoms with Gasteiger partial charge in [-0.25, -0.2) is 0 Å². The van der Waals surface area contributed by atoms with Crippen LogP contribution in [-0.2, 0) is 0 Å². The van der Waals surface area contributed by atoms with Crippen LogP contribution in [0, 0.1) is 17.0 Å². The van der Waals surface area contributed by atoms with Crippen LogP contribution in [0.2, 0.25) is 5.02 Å². The number of nitro benzene ring substituents is 1. The molecular weight excluding hydrogens is 310 g/mol. The van der Waals surface area contributed by atoms with Gasteiger partial charge < -0.3 is 10.6 Å². The molecule has 0 radical (unpaired) electrons. The van der Waals surface area contributed by atoms with Gasteiger partial charge in [0.05, 0.1) is 4.92 Å². The Morgan fingerprint density at radius 2 is 1.86 bits per heavy atom. The Hall–Kier alpha value is -2.18. The summed E-state index contributed by atoms with van der Waals surface area (Å²) in [5.41, 5.74) is 2.40. The largest absolute Gasteiger partial charge is 0.332 e. The minimum absolute atomic E-state index is 0.0325. The van der Waals surface area contributed by atoms with E-state index in [2.05, 4.69) is 10.6 Å². The summed E-state index contributed by atoms with van der Waals surface area (Å²) in [6.07, 6.45) is 0. The van der Waals surface area contributed by atoms with Crippen LogP contribution in [0.25, 0.3) is 0 Å². The highest BCUT2D eigenvalue weighted by atomic mass is 35.5. The molecule has 0 fully saturated rings. The number of nitrogens with one attached hydrogen (secondary N) is 2. The van der Waals surface area contributed by atoms with Gasteiger partial charge in [-0.2, -0.15) is 0 Å². The maximum atomic E-state index is 10.6. The molecule has 0 amide bonds. The SMILES string of the molecule is Cc1c(Cl)cccc1NC(=S)Nc1ccc([N+](=O)[O-])cc1. The van der Waals surface area contributed by atoms with Crippen molar-refractivity contribution in [1.29, 1.82) is 0 Å². The second kappa shape index (κ2) is 6.51. The molecule has 0 atom stereocenters. The molecule has 2 aromatic rings. The van der Waals surface area contributed by atoms with Gasteiger partial charge in [-0.15, -0.1) is 0 Å². The van der Waals surface area contributed by atoms with Gasteiger partial charge in [0, 0.05) is 28.5 Å². The van der Waals surface area contributed by atoms with E-state index in [9.17, 15) is 10.1 Å². The standard InChI is InChI=1S/C14H12ClN3O2S/c1-9-12(15)3-2-4-13(9)17-14(21)16-10-5-7-11(8-6-10)18(19)20/h2-8H,1H3,(H2,16,17,21). The summed E-state index contributed by atoms with van der Waals surface area (Å²) in [6, 6.07) is 11.5. The highest BCUT2D eigenvalue weighted by Gasteiger charge is 2.06. The van der Waals surface area contributed by atoms with Crippen molar-refractivity contribution in [2.75, 3.05) is 10.6 Å². The highest BCUT2D eigenvalue weighted by Crippen LogP contribution is 2.23. The van der Waals surface area contributed by atoms with Crippen molar-refractivity contribution in [2.45, 2.75) is 6.92 Å². The lowest BCUT2D eigenvalue weighted by Gasteiger charge is -2.13. The first-order valence-electron chi connectivity index (χ1n) is 6.05. The summed E-state index contributed by atoms with van der Waals surface area (Å²) in [7, 11) is 0. The van der Waals surface area contributed by atoms with E-state index in [1.807, 2.05) is 19.1 Å². The van der Waals surface area contributed by atoms with Crippen LogP contribution in [0.5, 0.6) is 0 Å². The molecule has 21 heavy (non-hydrogen) atoms. The van der Waals surface area contributed by atoms with Gasteiger partial charge in [-0.05, 0) is 49.0 Å². The second-order valence-electron chi connectivity index (χ2n) is 4.30. The first-order chi connectivity index (χ1) is 9.97. The fourth-order valence-corrected chi connectivity index (χ4v) is 2.10. The molecule has 0 aromatic heterocycles. The molecule has 0 aliphatic rings. The average Bonchev–Trinajstić information content (AvgIpc) is 2.44. The first-order valence-corrected chi connectivity index (χ1v) is 6.83. The molecular formula is C14H12ClN3O2S. The summed E-state index contributed by atoms with van der Waals surface area (Å²) in [5, 5.41) is 17.6. The monoisotopic (exact) mass is 321 g/mol. The number of hydrogen-bond acceptors (Lipinski definition) is 3. The van der Waals surface area contributed by atoms with Gasteiger partial charge in [0.2, 0.25) is 0 Å². The van der Waals surface area contributed by atoms with Crippen LogP contribution in [0.4, 0.5) is 17.1 Å². The Balaban J connectivity index is 2.04. The lowest BCUT2D eigenvalue weighted by molar-refractivity contribution is -0.384. The van der Waals surface area contributed by atoms with Crippen LogP contribution in [0.3, 0.4) is 0 Å². The van der Waals surface area contributed by atoms with Crippen LogP contribution in [0.1, 0.15) is 5.56 Å². The Morgan fingerprint density at radius 3 is 2.48 bits per heavy atom. The summed E-state index contributed by atoms with van der Waals surface area (Å²) in [4.78, 5) is 10.1. The van der Waals surface area contributed by atoms with E-state index in [0.29, 0.717) is 15.8 Å². The molecule has 0 aliphatic heterocycles. The number of nitro groups is 1. The van der Waals surface area contributed by atoms with Gasteiger partial charge in [-0.1, -0.05) is 17.7 Å². The fraction of sp³-hybridized carbons (Fsp3) is 0.0714. The fourth-order valence-electron chi connectivity index (χ4n) is 1.69. The highest BCUT2D eigenvalue weighted by molar-refractivity contribution is 7.80. The molecule has 2 rings (SSSR count). The third kappa shape index (κ3) is 3.90. The van der Waals surface area contributed by atoms with Gasteiger partial charge in [0.15, 0.2) is 5.11 Å². The lowest BCUT2D eigenvalue weighted by Crippen LogP contribution is -2.19. The zero-order chi connectivity index (χ0) is 15.4. The van der Waals surface area contributed by atoms with Crippen LogP contribution >= 0.6 is 23.8 Å². The first kappa shape index (κ1) is 15.2. The molecule has 5 nitrogen and oxygen atoms in total. The topological polar surface area (TPSA) is 67.2 Å². The third-order valence-electron chi connectivity index (χ3n) is 2.85. The van der Waals surface area contributed by atoms with E-state index >= 15 is 0 Å². The molecule has 0 spiro atoms.